The number of aliphatic hydroxyl groups excluding tert-OH is 1. The molecular formula is C37H45BrN6O5S. The predicted molar refractivity (Wildman–Crippen MR) is 199 cm³/mol. The first-order valence-corrected chi connectivity index (χ1v) is 19.1. The molecule has 13 heteroatoms. The second kappa shape index (κ2) is 15.7. The van der Waals surface area contributed by atoms with Gasteiger partial charge in [0, 0.05) is 42.0 Å². The SMILES string of the molecule is C=CCN(Cn1nnc2ccccc21)C(=O)C1N(CCCCCCO)C(=O)[C@@H]2[C@@H](C(=O)N(CC=C)c3ccc(OCC)cc3)[C@@H]3SC12CC3Br. The van der Waals surface area contributed by atoms with E-state index in [1.54, 1.807) is 43.3 Å². The highest BCUT2D eigenvalue weighted by atomic mass is 79.9. The third kappa shape index (κ3) is 6.59. The van der Waals surface area contributed by atoms with E-state index in [4.69, 9.17) is 4.74 Å². The van der Waals surface area contributed by atoms with E-state index in [1.165, 1.54) is 0 Å². The summed E-state index contributed by atoms with van der Waals surface area (Å²) in [5.74, 6) is -1.08. The molecule has 3 saturated heterocycles. The molecular weight excluding hydrogens is 720 g/mol. The summed E-state index contributed by atoms with van der Waals surface area (Å²) in [6, 6.07) is 14.2. The number of halogens is 1. The second-order valence-corrected chi connectivity index (χ2v) is 15.8. The number of benzene rings is 2. The number of unbranched alkanes of at least 4 members (excludes halogenated alkanes) is 3. The standard InChI is InChI=1S/C37H45BrN6O5S/c1-4-19-41(24-44-29-14-10-9-13-28(29)39-40-44)36(48)33-37-23-27(38)32(50-37)30(31(37)35(47)43(33)21-11-7-8-12-22-45)34(46)42(20-5-2)25-15-17-26(18-16-25)49-6-3/h4-5,9-10,13-18,27,30-33,45H,1-2,6-8,11-12,19-24H2,3H3/t27?,30-,31+,32-,33?,37?/m1/s1. The van der Waals surface area contributed by atoms with Gasteiger partial charge in [0.05, 0.1) is 28.7 Å². The van der Waals surface area contributed by atoms with Crippen LogP contribution >= 0.6 is 27.7 Å². The molecule has 3 amide bonds. The second-order valence-electron chi connectivity index (χ2n) is 13.1. The lowest BCUT2D eigenvalue weighted by atomic mass is 9.70. The number of aromatic nitrogens is 3. The number of hydrogen-bond donors (Lipinski definition) is 1. The van der Waals surface area contributed by atoms with Crippen molar-refractivity contribution in [1.29, 1.82) is 0 Å². The van der Waals surface area contributed by atoms with Gasteiger partial charge in [0.1, 0.15) is 24.0 Å². The zero-order valence-electron chi connectivity index (χ0n) is 28.4. The molecule has 6 rings (SSSR count). The first-order chi connectivity index (χ1) is 24.3. The molecule has 11 nitrogen and oxygen atoms in total. The highest BCUT2D eigenvalue weighted by Crippen LogP contribution is 2.68. The van der Waals surface area contributed by atoms with Crippen molar-refractivity contribution in [2.45, 2.75) is 66.6 Å². The number of ether oxygens (including phenoxy) is 1. The van der Waals surface area contributed by atoms with Crippen LogP contribution < -0.4 is 9.64 Å². The maximum absolute atomic E-state index is 15.0. The fourth-order valence-corrected chi connectivity index (χ4v) is 11.5. The fourth-order valence-electron chi connectivity index (χ4n) is 7.93. The third-order valence-corrected chi connectivity index (χ3v) is 13.3. The smallest absolute Gasteiger partial charge is 0.248 e. The molecule has 50 heavy (non-hydrogen) atoms. The third-order valence-electron chi connectivity index (χ3n) is 10.0. The molecule has 266 valence electrons. The molecule has 1 aromatic heterocycles. The first kappa shape index (κ1) is 36.1. The van der Waals surface area contributed by atoms with Crippen molar-refractivity contribution in [3.05, 3.63) is 73.8 Å². The quantitative estimate of drug-likeness (QED) is 0.115. The number of rotatable bonds is 17. The van der Waals surface area contributed by atoms with Crippen LogP contribution in [0.15, 0.2) is 73.8 Å². The van der Waals surface area contributed by atoms with Crippen LogP contribution in [0.4, 0.5) is 5.69 Å². The fraction of sp³-hybridized carbons (Fsp3) is 0.486. The summed E-state index contributed by atoms with van der Waals surface area (Å²) >= 11 is 5.53. The average molecular weight is 766 g/mol. The van der Waals surface area contributed by atoms with E-state index in [9.17, 15) is 19.5 Å². The van der Waals surface area contributed by atoms with Crippen molar-refractivity contribution in [3.8, 4) is 5.75 Å². The van der Waals surface area contributed by atoms with Crippen LogP contribution in [-0.2, 0) is 21.1 Å². The maximum Gasteiger partial charge on any atom is 0.248 e. The number of alkyl halides is 1. The first-order valence-electron chi connectivity index (χ1n) is 17.4. The number of aliphatic hydroxyl groups is 1. The van der Waals surface area contributed by atoms with Gasteiger partial charge in [-0.3, -0.25) is 14.4 Å². The Hall–Kier alpha value is -3.68. The van der Waals surface area contributed by atoms with Crippen molar-refractivity contribution in [1.82, 2.24) is 24.8 Å². The van der Waals surface area contributed by atoms with Crippen molar-refractivity contribution in [3.63, 3.8) is 0 Å². The van der Waals surface area contributed by atoms with E-state index in [2.05, 4.69) is 39.4 Å². The molecule has 3 fully saturated rings. The van der Waals surface area contributed by atoms with E-state index < -0.39 is 22.6 Å². The lowest BCUT2D eigenvalue weighted by Gasteiger charge is -2.38. The van der Waals surface area contributed by atoms with E-state index in [0.717, 1.165) is 23.9 Å². The van der Waals surface area contributed by atoms with Gasteiger partial charge in [-0.05, 0) is 62.6 Å². The molecule has 4 heterocycles. The Balaban J connectivity index is 1.36. The van der Waals surface area contributed by atoms with Crippen molar-refractivity contribution < 1.29 is 24.2 Å². The van der Waals surface area contributed by atoms with E-state index in [1.807, 2.05) is 55.5 Å². The van der Waals surface area contributed by atoms with Crippen LogP contribution in [0.2, 0.25) is 0 Å². The number of nitrogens with zero attached hydrogens (tertiary/aromatic N) is 6. The van der Waals surface area contributed by atoms with Gasteiger partial charge in [-0.1, -0.05) is 58.3 Å². The molecule has 0 saturated carbocycles. The van der Waals surface area contributed by atoms with Gasteiger partial charge in [0.2, 0.25) is 17.7 Å². The van der Waals surface area contributed by atoms with Crippen LogP contribution in [0.1, 0.15) is 39.0 Å². The maximum atomic E-state index is 15.0. The summed E-state index contributed by atoms with van der Waals surface area (Å²) in [6.07, 6.45) is 6.98. The van der Waals surface area contributed by atoms with E-state index >= 15 is 0 Å². The van der Waals surface area contributed by atoms with Crippen molar-refractivity contribution in [2.24, 2.45) is 11.8 Å². The van der Waals surface area contributed by atoms with Crippen LogP contribution in [0.25, 0.3) is 11.0 Å². The molecule has 3 aromatic rings. The summed E-state index contributed by atoms with van der Waals surface area (Å²) in [6.45, 7) is 11.5. The zero-order chi connectivity index (χ0) is 35.4. The minimum absolute atomic E-state index is 0.0664. The topological polar surface area (TPSA) is 121 Å². The highest BCUT2D eigenvalue weighted by molar-refractivity contribution is 9.09. The number of anilines is 1. The number of fused-ring (bicyclic) bond motifs is 2. The van der Waals surface area contributed by atoms with Gasteiger partial charge >= 0.3 is 0 Å². The Morgan fingerprint density at radius 3 is 2.54 bits per heavy atom. The van der Waals surface area contributed by atoms with Gasteiger partial charge in [-0.2, -0.15) is 0 Å². The molecule has 2 aromatic carbocycles. The van der Waals surface area contributed by atoms with E-state index in [0.29, 0.717) is 43.9 Å². The Labute approximate surface area is 305 Å². The predicted octanol–water partition coefficient (Wildman–Crippen LogP) is 5.04. The summed E-state index contributed by atoms with van der Waals surface area (Å²) in [5.41, 5.74) is 2.22. The van der Waals surface area contributed by atoms with Crippen LogP contribution in [0, 0.1) is 11.8 Å². The minimum atomic E-state index is -0.805. The number of amides is 3. The van der Waals surface area contributed by atoms with Gasteiger partial charge < -0.3 is 24.5 Å². The minimum Gasteiger partial charge on any atom is -0.494 e. The number of carbonyl (C=O) groups excluding carboxylic acids is 3. The molecule has 6 atom stereocenters. The number of hydrogen-bond acceptors (Lipinski definition) is 8. The largest absolute Gasteiger partial charge is 0.494 e. The summed E-state index contributed by atoms with van der Waals surface area (Å²) in [4.78, 5) is 49.6. The van der Waals surface area contributed by atoms with Crippen molar-refractivity contribution >= 4 is 62.1 Å². The average Bonchev–Trinajstić information content (AvgIpc) is 3.84. The highest BCUT2D eigenvalue weighted by Gasteiger charge is 2.76. The molecule has 3 unspecified atom stereocenters. The van der Waals surface area contributed by atoms with E-state index in [-0.39, 0.29) is 54.2 Å². The molecule has 1 N–H and O–H groups in total. The molecule has 3 aliphatic heterocycles. The summed E-state index contributed by atoms with van der Waals surface area (Å²) < 4.78 is 6.52. The van der Waals surface area contributed by atoms with Crippen LogP contribution in [0.5, 0.6) is 5.75 Å². The number of thioether (sulfide) groups is 1. The Morgan fingerprint density at radius 2 is 1.82 bits per heavy atom. The lowest BCUT2D eigenvalue weighted by molar-refractivity contribution is -0.143. The lowest BCUT2D eigenvalue weighted by Crippen LogP contribution is -2.56. The Kier molecular flexibility index (Phi) is 11.3. The number of para-hydroxylation sites is 1. The van der Waals surface area contributed by atoms with Gasteiger partial charge in [0.15, 0.2) is 0 Å². The van der Waals surface area contributed by atoms with Crippen LogP contribution in [-0.4, -0.2) is 101 Å². The molecule has 1 spiro atoms. The number of likely N-dealkylation sites (tertiary alicyclic amines) is 1. The molecule has 0 radical (unpaired) electrons. The summed E-state index contributed by atoms with van der Waals surface area (Å²) in [5, 5.41) is 17.7. The molecule has 0 aliphatic carbocycles. The van der Waals surface area contributed by atoms with Gasteiger partial charge in [0.25, 0.3) is 0 Å². The Bertz CT molecular complexity index is 1720. The normalized spacial score (nSPS) is 25.1. The number of carbonyl (C=O) groups is 3. The molecule has 3 aliphatic rings. The van der Waals surface area contributed by atoms with Gasteiger partial charge in [-0.25, -0.2) is 4.68 Å². The van der Waals surface area contributed by atoms with Crippen LogP contribution in [0.3, 0.4) is 0 Å². The molecule has 2 bridgehead atoms. The van der Waals surface area contributed by atoms with Gasteiger partial charge in [-0.15, -0.1) is 30.0 Å². The Morgan fingerprint density at radius 1 is 1.08 bits per heavy atom. The van der Waals surface area contributed by atoms with Crippen molar-refractivity contribution in [2.75, 3.05) is 37.7 Å². The monoisotopic (exact) mass is 764 g/mol. The summed E-state index contributed by atoms with van der Waals surface area (Å²) in [7, 11) is 0. The zero-order valence-corrected chi connectivity index (χ0v) is 30.8.